The first-order valence-corrected chi connectivity index (χ1v) is 10.1. The summed E-state index contributed by atoms with van der Waals surface area (Å²) in [6.07, 6.45) is 0. The quantitative estimate of drug-likeness (QED) is 0.198. The summed E-state index contributed by atoms with van der Waals surface area (Å²) in [6.45, 7) is 1.92. The van der Waals surface area contributed by atoms with Gasteiger partial charge in [0.25, 0.3) is 0 Å². The summed E-state index contributed by atoms with van der Waals surface area (Å²) in [5.74, 6) is 0. The molecule has 0 bridgehead atoms. The van der Waals surface area contributed by atoms with E-state index in [1.54, 1.807) is 42.5 Å². The van der Waals surface area contributed by atoms with E-state index in [4.69, 9.17) is 13.0 Å². The van der Waals surface area contributed by atoms with Gasteiger partial charge in [-0.1, -0.05) is 29.8 Å². The molecule has 152 valence electrons. The van der Waals surface area contributed by atoms with Crippen LogP contribution in [-0.4, -0.2) is 18.5 Å². The highest BCUT2D eigenvalue weighted by Gasteiger charge is 2.48. The maximum Gasteiger partial charge on any atom is 0.601 e. The number of benzene rings is 2. The Morgan fingerprint density at radius 2 is 1.39 bits per heavy atom. The van der Waals surface area contributed by atoms with Gasteiger partial charge < -0.3 is 4.55 Å². The van der Waals surface area contributed by atoms with Crippen LogP contribution in [0.15, 0.2) is 54.6 Å². The molecule has 1 atom stereocenters. The molecular formula is C17H12F6O3S2. The van der Waals surface area contributed by atoms with Gasteiger partial charge in [0.05, 0.1) is 0 Å². The van der Waals surface area contributed by atoms with E-state index < -0.39 is 31.6 Å². The Kier molecular flexibility index (Phi) is 6.12. The van der Waals surface area contributed by atoms with Crippen molar-refractivity contribution in [1.29, 1.82) is 0 Å². The number of alkyl halides is 6. The molecule has 3 rings (SSSR count). The fourth-order valence-corrected chi connectivity index (χ4v) is 4.20. The van der Waals surface area contributed by atoms with E-state index in [0.29, 0.717) is 20.5 Å². The number of hydrogen-bond donors (Lipinski definition) is 0. The van der Waals surface area contributed by atoms with Crippen molar-refractivity contribution in [1.82, 2.24) is 0 Å². The first kappa shape index (κ1) is 22.2. The highest BCUT2D eigenvalue weighted by atomic mass is 32.2. The molecule has 0 N–H and O–H groups in total. The molecule has 0 aliphatic rings. The van der Waals surface area contributed by atoms with E-state index in [1.807, 2.05) is 19.1 Å². The first-order valence-electron chi connectivity index (χ1n) is 7.43. The van der Waals surface area contributed by atoms with Crippen molar-refractivity contribution in [2.75, 3.05) is 0 Å². The molecule has 3 aromatic rings. The lowest BCUT2D eigenvalue weighted by Gasteiger charge is -2.08. The molecule has 1 unspecified atom stereocenters. The molecule has 1 aromatic heterocycles. The van der Waals surface area contributed by atoms with Crippen LogP contribution in [0.25, 0.3) is 20.5 Å². The second-order valence-electron chi connectivity index (χ2n) is 5.56. The zero-order chi connectivity index (χ0) is 21.3. The van der Waals surface area contributed by atoms with Crippen LogP contribution in [-0.2, 0) is 15.6 Å². The van der Waals surface area contributed by atoms with Gasteiger partial charge >= 0.3 is 11.0 Å². The van der Waals surface area contributed by atoms with E-state index in [0.717, 1.165) is 5.56 Å². The van der Waals surface area contributed by atoms with E-state index in [2.05, 4.69) is 0 Å². The van der Waals surface area contributed by atoms with Crippen LogP contribution in [0, 0.1) is 6.92 Å². The first-order chi connectivity index (χ1) is 12.7. The van der Waals surface area contributed by atoms with Crippen LogP contribution in [0.2, 0.25) is 0 Å². The topological polar surface area (TPSA) is 57.2 Å². The highest BCUT2D eigenvalue weighted by Crippen LogP contribution is 2.54. The smallest absolute Gasteiger partial charge is 0.601 e. The third-order valence-electron chi connectivity index (χ3n) is 3.50. The van der Waals surface area contributed by atoms with E-state index in [-0.39, 0.29) is 0 Å². The van der Waals surface area contributed by atoms with Gasteiger partial charge in [0.1, 0.15) is 10.5 Å². The fourth-order valence-electron chi connectivity index (χ4n) is 2.27. The summed E-state index contributed by atoms with van der Waals surface area (Å²) in [4.78, 5) is 0.360. The summed E-state index contributed by atoms with van der Waals surface area (Å²) in [5.41, 5.74) is -8.21. The van der Waals surface area contributed by atoms with Crippen LogP contribution >= 0.6 is 10.5 Å². The highest BCUT2D eigenvalue weighted by molar-refractivity contribution is 7.86. The van der Waals surface area contributed by atoms with Crippen LogP contribution in [0.1, 0.15) is 5.56 Å². The predicted octanol–water partition coefficient (Wildman–Crippen LogP) is 6.09. The van der Waals surface area contributed by atoms with Gasteiger partial charge in [-0.2, -0.15) is 13.2 Å². The molecule has 0 aliphatic heterocycles. The lowest BCUT2D eigenvalue weighted by Crippen LogP contribution is -2.21. The zero-order valence-electron chi connectivity index (χ0n) is 14.0. The van der Waals surface area contributed by atoms with Crippen molar-refractivity contribution in [3.05, 3.63) is 60.2 Å². The molecule has 0 amide bonds. The van der Waals surface area contributed by atoms with Gasteiger partial charge in [0.2, 0.25) is 0 Å². The molecule has 0 aliphatic carbocycles. The molecule has 11 heteroatoms. The van der Waals surface area contributed by atoms with Gasteiger partial charge in [-0.3, -0.25) is 0 Å². The Balaban J connectivity index is 0.000000300. The molecule has 28 heavy (non-hydrogen) atoms. The zero-order valence-corrected chi connectivity index (χ0v) is 15.6. The Morgan fingerprint density at radius 3 is 1.86 bits per heavy atom. The van der Waals surface area contributed by atoms with E-state index >= 15 is 0 Å². The lowest BCUT2D eigenvalue weighted by molar-refractivity contribution is -0.0864. The van der Waals surface area contributed by atoms with Gasteiger partial charge in [-0.15, -0.1) is 13.2 Å². The van der Waals surface area contributed by atoms with Gasteiger partial charge in [0.15, 0.2) is 19.7 Å². The standard InChI is InChI=1S/C16H12F3S.CHF3O3S/c1-11-6-8-12(9-7-11)15-10-13-4-2-3-5-14(13)20(15)16(17,18)19;2-1(3,4)8(5,6)7/h2-10H,1H3;(H,5,6,7)/q+1;/p-1. The SMILES string of the molecule is Cc1ccc(-c2cc3ccccc3[s+]2C(F)(F)F)cc1.O=S(=O)([O-])C(F)(F)F. The van der Waals surface area contributed by atoms with Crippen LogP contribution < -0.4 is 0 Å². The van der Waals surface area contributed by atoms with Gasteiger partial charge in [-0.25, -0.2) is 8.42 Å². The number of aryl methyl sites for hydroxylation is 1. The molecular weight excluding hydrogens is 430 g/mol. The van der Waals surface area contributed by atoms with Crippen LogP contribution in [0.3, 0.4) is 0 Å². The minimum atomic E-state index is -6.09. The average Bonchev–Trinajstić information content (AvgIpc) is 2.93. The third kappa shape index (κ3) is 5.03. The number of thiophene rings is 1. The number of hydrogen-bond acceptors (Lipinski definition) is 3. The minimum Gasteiger partial charge on any atom is -0.741 e. The lowest BCUT2D eigenvalue weighted by atomic mass is 10.1. The maximum atomic E-state index is 13.4. The molecule has 0 radical (unpaired) electrons. The Bertz CT molecular complexity index is 1060. The summed E-state index contributed by atoms with van der Waals surface area (Å²) in [7, 11) is -7.94. The fraction of sp³-hybridized carbons (Fsp3) is 0.176. The number of rotatable bonds is 1. The normalized spacial score (nSPS) is 13.2. The third-order valence-corrected chi connectivity index (χ3v) is 6.13. The summed E-state index contributed by atoms with van der Waals surface area (Å²) in [6, 6.07) is 15.6. The second kappa shape index (κ2) is 7.72. The van der Waals surface area contributed by atoms with Crippen molar-refractivity contribution in [2.24, 2.45) is 0 Å². The van der Waals surface area contributed by atoms with Gasteiger partial charge in [0, 0.05) is 17.0 Å². The molecule has 2 aromatic carbocycles. The largest absolute Gasteiger partial charge is 0.741 e. The van der Waals surface area contributed by atoms with Gasteiger partial charge in [-0.05, 0) is 31.2 Å². The van der Waals surface area contributed by atoms with Crippen molar-refractivity contribution in [3.8, 4) is 10.4 Å². The monoisotopic (exact) mass is 442 g/mol. The van der Waals surface area contributed by atoms with Crippen molar-refractivity contribution < 1.29 is 39.3 Å². The van der Waals surface area contributed by atoms with Crippen molar-refractivity contribution >= 4 is 30.7 Å². The minimum absolute atomic E-state index is 0.360. The van der Waals surface area contributed by atoms with E-state index in [1.165, 1.54) is 0 Å². The van der Waals surface area contributed by atoms with E-state index in [9.17, 15) is 26.3 Å². The Morgan fingerprint density at radius 1 is 0.893 bits per heavy atom. The predicted molar refractivity (Wildman–Crippen MR) is 93.7 cm³/mol. The number of fused-ring (bicyclic) bond motifs is 1. The molecule has 3 nitrogen and oxygen atoms in total. The molecule has 0 saturated carbocycles. The van der Waals surface area contributed by atoms with Crippen LogP contribution in [0.4, 0.5) is 26.3 Å². The average molecular weight is 442 g/mol. The summed E-state index contributed by atoms with van der Waals surface area (Å²) < 4.78 is 99.6. The molecule has 0 spiro atoms. The molecule has 0 saturated heterocycles. The summed E-state index contributed by atoms with van der Waals surface area (Å²) in [5, 5.41) is 0.670. The summed E-state index contributed by atoms with van der Waals surface area (Å²) >= 11 is 0. The Labute approximate surface area is 159 Å². The number of halogens is 6. The van der Waals surface area contributed by atoms with Crippen LogP contribution in [0.5, 0.6) is 0 Å². The second-order valence-corrected chi connectivity index (χ2v) is 8.89. The molecule has 1 heterocycles. The Hall–Kier alpha value is -2.11. The molecule has 0 fully saturated rings. The van der Waals surface area contributed by atoms with Crippen molar-refractivity contribution in [2.45, 2.75) is 17.9 Å². The van der Waals surface area contributed by atoms with Crippen molar-refractivity contribution in [3.63, 3.8) is 0 Å². The maximum absolute atomic E-state index is 13.4.